The zero-order valence-corrected chi connectivity index (χ0v) is 36.1. The Morgan fingerprint density at radius 2 is 0.652 bits per heavy atom. The summed E-state index contributed by atoms with van der Waals surface area (Å²) >= 11 is 0. The fourth-order valence-corrected chi connectivity index (χ4v) is 10.4. The van der Waals surface area contributed by atoms with E-state index in [1.165, 1.54) is 93.2 Å². The van der Waals surface area contributed by atoms with E-state index in [2.05, 4.69) is 264 Å². The van der Waals surface area contributed by atoms with Gasteiger partial charge in [0, 0.05) is 32.9 Å². The number of anilines is 3. The molecule has 1 heterocycles. The molecular formula is C64H42N2. The number of aromatic nitrogens is 1. The third kappa shape index (κ3) is 6.26. The predicted molar refractivity (Wildman–Crippen MR) is 281 cm³/mol. The van der Waals surface area contributed by atoms with Crippen molar-refractivity contribution in [3.8, 4) is 50.2 Å². The van der Waals surface area contributed by atoms with E-state index < -0.39 is 0 Å². The molecule has 1 aromatic heterocycles. The molecule has 0 aliphatic carbocycles. The summed E-state index contributed by atoms with van der Waals surface area (Å²) in [7, 11) is 0. The van der Waals surface area contributed by atoms with Gasteiger partial charge in [-0.3, -0.25) is 0 Å². The summed E-state index contributed by atoms with van der Waals surface area (Å²) in [5.41, 5.74) is 16.4. The van der Waals surface area contributed by atoms with Gasteiger partial charge in [0.25, 0.3) is 0 Å². The largest absolute Gasteiger partial charge is 0.310 e. The number of benzene rings is 12. The molecule has 0 saturated heterocycles. The van der Waals surface area contributed by atoms with Gasteiger partial charge in [0.05, 0.1) is 22.4 Å². The van der Waals surface area contributed by atoms with Gasteiger partial charge < -0.3 is 9.47 Å². The molecule has 0 aliphatic heterocycles. The van der Waals surface area contributed by atoms with E-state index in [0.29, 0.717) is 0 Å². The Hall–Kier alpha value is -8.72. The summed E-state index contributed by atoms with van der Waals surface area (Å²) < 4.78 is 2.46. The number of para-hydroxylation sites is 2. The molecule has 2 heteroatoms. The fraction of sp³-hybridized carbons (Fsp3) is 0. The van der Waals surface area contributed by atoms with Crippen LogP contribution in [0, 0.1) is 0 Å². The van der Waals surface area contributed by atoms with Crippen molar-refractivity contribution >= 4 is 71.2 Å². The van der Waals surface area contributed by atoms with Crippen molar-refractivity contribution < 1.29 is 0 Å². The Labute approximate surface area is 383 Å². The number of nitrogens with zero attached hydrogens (tertiary/aromatic N) is 2. The van der Waals surface area contributed by atoms with Gasteiger partial charge in [0.1, 0.15) is 0 Å². The van der Waals surface area contributed by atoms with Crippen LogP contribution in [0.25, 0.3) is 104 Å². The number of fused-ring (bicyclic) bond motifs is 3. The second-order valence-corrected chi connectivity index (χ2v) is 17.3. The zero-order valence-electron chi connectivity index (χ0n) is 36.1. The van der Waals surface area contributed by atoms with Gasteiger partial charge in [-0.15, -0.1) is 0 Å². The van der Waals surface area contributed by atoms with Gasteiger partial charge in [-0.25, -0.2) is 0 Å². The lowest BCUT2D eigenvalue weighted by molar-refractivity contribution is 1.20. The Morgan fingerprint density at radius 1 is 0.258 bits per heavy atom. The van der Waals surface area contributed by atoms with Crippen molar-refractivity contribution in [1.29, 1.82) is 0 Å². The molecule has 0 amide bonds. The second kappa shape index (κ2) is 15.5. The molecule has 0 fully saturated rings. The molecule has 0 unspecified atom stereocenters. The van der Waals surface area contributed by atoms with Gasteiger partial charge in [-0.2, -0.15) is 0 Å². The highest BCUT2D eigenvalue weighted by molar-refractivity contribution is 6.27. The minimum absolute atomic E-state index is 1.09. The van der Waals surface area contributed by atoms with E-state index >= 15 is 0 Å². The summed E-state index contributed by atoms with van der Waals surface area (Å²) in [5, 5.41) is 9.98. The molecule has 0 atom stereocenters. The molecule has 0 radical (unpaired) electrons. The van der Waals surface area contributed by atoms with Crippen LogP contribution in [0.1, 0.15) is 0 Å². The van der Waals surface area contributed by atoms with Gasteiger partial charge >= 0.3 is 0 Å². The number of rotatable bonds is 8. The molecule has 66 heavy (non-hydrogen) atoms. The molecule has 0 N–H and O–H groups in total. The third-order valence-electron chi connectivity index (χ3n) is 13.5. The average molecular weight is 839 g/mol. The zero-order chi connectivity index (χ0) is 43.6. The monoisotopic (exact) mass is 838 g/mol. The lowest BCUT2D eigenvalue weighted by Gasteiger charge is -2.29. The highest BCUT2D eigenvalue weighted by atomic mass is 15.1. The Balaban J connectivity index is 1.02. The van der Waals surface area contributed by atoms with E-state index in [1.807, 2.05) is 0 Å². The maximum Gasteiger partial charge on any atom is 0.0541 e. The van der Waals surface area contributed by atoms with Crippen LogP contribution in [0.15, 0.2) is 255 Å². The number of hydrogen-bond donors (Lipinski definition) is 0. The van der Waals surface area contributed by atoms with Crippen LogP contribution in [-0.4, -0.2) is 4.57 Å². The van der Waals surface area contributed by atoms with E-state index in [1.54, 1.807) is 0 Å². The molecule has 0 saturated carbocycles. The molecular weight excluding hydrogens is 797 g/mol. The standard InChI is InChI=1S/C64H42N2/c1-3-15-43(16-4-1)47-19-11-21-49(39-47)51-23-13-25-53(41-51)65(54-26-14-24-52(42-54)50-22-12-20-48(40-50)44-17-5-2-6-18-44)61-37-33-45-32-36-58-62(38-34-46-31-35-57(61)63(45)64(46)58)66-59-29-9-7-27-55(59)56-28-8-10-30-60(56)66/h1-42H. The first-order valence-corrected chi connectivity index (χ1v) is 22.7. The topological polar surface area (TPSA) is 8.17 Å². The van der Waals surface area contributed by atoms with Crippen LogP contribution < -0.4 is 4.90 Å². The minimum Gasteiger partial charge on any atom is -0.310 e. The minimum atomic E-state index is 1.09. The van der Waals surface area contributed by atoms with Crippen molar-refractivity contribution in [1.82, 2.24) is 4.57 Å². The summed E-state index contributed by atoms with van der Waals surface area (Å²) in [6.07, 6.45) is 0. The molecule has 12 aromatic carbocycles. The highest BCUT2D eigenvalue weighted by Crippen LogP contribution is 2.47. The van der Waals surface area contributed by atoms with Gasteiger partial charge in [0.15, 0.2) is 0 Å². The molecule has 0 spiro atoms. The van der Waals surface area contributed by atoms with E-state index in [9.17, 15) is 0 Å². The van der Waals surface area contributed by atoms with Crippen LogP contribution in [-0.2, 0) is 0 Å². The van der Waals surface area contributed by atoms with Crippen molar-refractivity contribution in [2.45, 2.75) is 0 Å². The van der Waals surface area contributed by atoms with Crippen LogP contribution in [0.2, 0.25) is 0 Å². The SMILES string of the molecule is c1ccc(-c2cccc(-c3cccc(N(c4cccc(-c5cccc(-c6ccccc6)c5)c4)c4ccc5ccc6c(-n7c8ccccc8c8ccccc87)ccc7ccc4c5c76)c3)c2)cc1. The second-order valence-electron chi connectivity index (χ2n) is 17.3. The van der Waals surface area contributed by atoms with Crippen molar-refractivity contribution in [3.63, 3.8) is 0 Å². The van der Waals surface area contributed by atoms with Crippen molar-refractivity contribution in [2.24, 2.45) is 0 Å². The van der Waals surface area contributed by atoms with E-state index in [-0.39, 0.29) is 0 Å². The Bertz CT molecular complexity index is 3760. The fourth-order valence-electron chi connectivity index (χ4n) is 10.4. The normalized spacial score (nSPS) is 11.6. The first-order valence-electron chi connectivity index (χ1n) is 22.7. The molecule has 13 aromatic rings. The summed E-state index contributed by atoms with van der Waals surface area (Å²) in [4.78, 5) is 2.47. The molecule has 308 valence electrons. The smallest absolute Gasteiger partial charge is 0.0541 e. The molecule has 13 rings (SSSR count). The van der Waals surface area contributed by atoms with Gasteiger partial charge in [-0.1, -0.05) is 194 Å². The van der Waals surface area contributed by atoms with Crippen LogP contribution in [0.5, 0.6) is 0 Å². The summed E-state index contributed by atoms with van der Waals surface area (Å²) in [6.45, 7) is 0. The van der Waals surface area contributed by atoms with Crippen LogP contribution in [0.4, 0.5) is 17.1 Å². The quantitative estimate of drug-likeness (QED) is 0.138. The first kappa shape index (κ1) is 37.8. The predicted octanol–water partition coefficient (Wildman–Crippen LogP) is 17.8. The molecule has 0 bridgehead atoms. The highest BCUT2D eigenvalue weighted by Gasteiger charge is 2.22. The number of hydrogen-bond acceptors (Lipinski definition) is 1. The van der Waals surface area contributed by atoms with Gasteiger partial charge in [-0.05, 0) is 127 Å². The molecule has 0 aliphatic rings. The van der Waals surface area contributed by atoms with Crippen LogP contribution in [0.3, 0.4) is 0 Å². The first-order chi connectivity index (χ1) is 32.7. The van der Waals surface area contributed by atoms with Crippen molar-refractivity contribution in [3.05, 3.63) is 255 Å². The summed E-state index contributed by atoms with van der Waals surface area (Å²) in [6, 6.07) is 93.3. The van der Waals surface area contributed by atoms with Gasteiger partial charge in [0.2, 0.25) is 0 Å². The Kier molecular flexibility index (Phi) is 8.89. The Morgan fingerprint density at radius 3 is 1.20 bits per heavy atom. The maximum absolute atomic E-state index is 2.47. The summed E-state index contributed by atoms with van der Waals surface area (Å²) in [5.74, 6) is 0. The van der Waals surface area contributed by atoms with Crippen LogP contribution >= 0.6 is 0 Å². The molecule has 2 nitrogen and oxygen atoms in total. The lowest BCUT2D eigenvalue weighted by atomic mass is 9.92. The van der Waals surface area contributed by atoms with Crippen molar-refractivity contribution in [2.75, 3.05) is 4.90 Å². The average Bonchev–Trinajstić information content (AvgIpc) is 3.73. The van der Waals surface area contributed by atoms with E-state index in [4.69, 9.17) is 0 Å². The third-order valence-corrected chi connectivity index (χ3v) is 13.5. The maximum atomic E-state index is 2.47. The van der Waals surface area contributed by atoms with E-state index in [0.717, 1.165) is 28.2 Å². The lowest BCUT2D eigenvalue weighted by Crippen LogP contribution is -2.11.